The molecule has 5 heteroatoms. The molecule has 0 saturated carbocycles. The molecule has 0 fully saturated rings. The molecule has 0 spiro atoms. The van der Waals surface area contributed by atoms with Gasteiger partial charge in [0.25, 0.3) is 0 Å². The van der Waals surface area contributed by atoms with Gasteiger partial charge in [-0.1, -0.05) is 12.1 Å². The van der Waals surface area contributed by atoms with E-state index in [0.717, 1.165) is 5.56 Å². The SMILES string of the molecule is Cc1cccc(N)c1N.Nc1ccncc1N. The highest BCUT2D eigenvalue weighted by Crippen LogP contribution is 2.17. The lowest BCUT2D eigenvalue weighted by atomic mass is 10.2. The van der Waals surface area contributed by atoms with E-state index in [-0.39, 0.29) is 0 Å². The van der Waals surface area contributed by atoms with Crippen molar-refractivity contribution in [3.05, 3.63) is 42.2 Å². The van der Waals surface area contributed by atoms with Gasteiger partial charge in [0.15, 0.2) is 0 Å². The van der Waals surface area contributed by atoms with E-state index < -0.39 is 0 Å². The first-order valence-electron chi connectivity index (χ1n) is 5.08. The Hall–Kier alpha value is -2.43. The number of aryl methyl sites for hydroxylation is 1. The van der Waals surface area contributed by atoms with Crippen LogP contribution in [0.5, 0.6) is 0 Å². The lowest BCUT2D eigenvalue weighted by molar-refractivity contribution is 1.34. The van der Waals surface area contributed by atoms with E-state index in [0.29, 0.717) is 22.7 Å². The second-order valence-electron chi connectivity index (χ2n) is 3.58. The first kappa shape index (κ1) is 12.6. The van der Waals surface area contributed by atoms with Crippen LogP contribution in [0.4, 0.5) is 22.7 Å². The van der Waals surface area contributed by atoms with Crippen molar-refractivity contribution in [3.63, 3.8) is 0 Å². The number of hydrogen-bond acceptors (Lipinski definition) is 5. The summed E-state index contributed by atoms with van der Waals surface area (Å²) in [4.78, 5) is 3.74. The van der Waals surface area contributed by atoms with Crippen LogP contribution in [0.2, 0.25) is 0 Å². The molecule has 17 heavy (non-hydrogen) atoms. The van der Waals surface area contributed by atoms with Gasteiger partial charge in [-0.05, 0) is 24.6 Å². The monoisotopic (exact) mass is 231 g/mol. The molecule has 0 aliphatic heterocycles. The Morgan fingerprint density at radius 2 is 1.59 bits per heavy atom. The molecule has 1 aromatic carbocycles. The van der Waals surface area contributed by atoms with Crippen molar-refractivity contribution in [1.29, 1.82) is 0 Å². The Kier molecular flexibility index (Phi) is 4.16. The molecule has 0 bridgehead atoms. The molecule has 0 aliphatic rings. The highest BCUT2D eigenvalue weighted by molar-refractivity contribution is 5.66. The normalized spacial score (nSPS) is 9.24. The van der Waals surface area contributed by atoms with E-state index in [1.54, 1.807) is 18.3 Å². The molecule has 1 heterocycles. The Labute approximate surface area is 100 Å². The third-order valence-corrected chi connectivity index (χ3v) is 2.24. The summed E-state index contributed by atoms with van der Waals surface area (Å²) in [5.41, 5.74) is 25.2. The van der Waals surface area contributed by atoms with Crippen molar-refractivity contribution < 1.29 is 0 Å². The zero-order valence-corrected chi connectivity index (χ0v) is 9.72. The average molecular weight is 231 g/mol. The lowest BCUT2D eigenvalue weighted by Crippen LogP contribution is -1.95. The molecule has 8 N–H and O–H groups in total. The summed E-state index contributed by atoms with van der Waals surface area (Å²) in [6, 6.07) is 7.28. The van der Waals surface area contributed by atoms with Gasteiger partial charge in [-0.2, -0.15) is 0 Å². The quantitative estimate of drug-likeness (QED) is 0.511. The molecule has 90 valence electrons. The molecule has 0 amide bonds. The standard InChI is InChI=1S/C7H10N2.C5H7N3/c1-5-3-2-4-6(8)7(5)9;6-4-1-2-8-3-5(4)7/h2-4H,8-9H2,1H3;1-3H,7H2,(H2,6,8). The third kappa shape index (κ3) is 3.57. The minimum absolute atomic E-state index is 0.535. The fourth-order valence-corrected chi connectivity index (χ4v) is 1.12. The van der Waals surface area contributed by atoms with Gasteiger partial charge in [0.2, 0.25) is 0 Å². The number of nitrogens with two attached hydrogens (primary N) is 4. The van der Waals surface area contributed by atoms with Gasteiger partial charge < -0.3 is 22.9 Å². The maximum Gasteiger partial charge on any atom is 0.0734 e. The maximum atomic E-state index is 5.56. The lowest BCUT2D eigenvalue weighted by Gasteiger charge is -2.00. The molecule has 0 atom stereocenters. The van der Waals surface area contributed by atoms with Crippen molar-refractivity contribution >= 4 is 22.7 Å². The molecule has 0 unspecified atom stereocenters. The minimum Gasteiger partial charge on any atom is -0.397 e. The number of benzene rings is 1. The van der Waals surface area contributed by atoms with E-state index in [9.17, 15) is 0 Å². The van der Waals surface area contributed by atoms with Crippen molar-refractivity contribution in [1.82, 2.24) is 4.98 Å². The predicted molar refractivity (Wildman–Crippen MR) is 73.1 cm³/mol. The Bertz CT molecular complexity index is 455. The van der Waals surface area contributed by atoms with Crippen LogP contribution in [0, 0.1) is 6.92 Å². The largest absolute Gasteiger partial charge is 0.397 e. The first-order chi connectivity index (χ1) is 8.02. The number of nitrogen functional groups attached to an aromatic ring is 4. The molecule has 0 radical (unpaired) electrons. The van der Waals surface area contributed by atoms with Crippen LogP contribution < -0.4 is 22.9 Å². The molecular formula is C12H17N5. The molecule has 2 rings (SSSR count). The van der Waals surface area contributed by atoms with Crippen LogP contribution in [-0.2, 0) is 0 Å². The van der Waals surface area contributed by atoms with Crippen LogP contribution in [-0.4, -0.2) is 4.98 Å². The number of hydrogen-bond donors (Lipinski definition) is 4. The van der Waals surface area contributed by atoms with Gasteiger partial charge >= 0.3 is 0 Å². The number of nitrogens with zero attached hydrogens (tertiary/aromatic N) is 1. The van der Waals surface area contributed by atoms with E-state index in [1.165, 1.54) is 6.20 Å². The Morgan fingerprint density at radius 3 is 2.00 bits per heavy atom. The first-order valence-corrected chi connectivity index (χ1v) is 5.08. The van der Waals surface area contributed by atoms with E-state index in [4.69, 9.17) is 22.9 Å². The van der Waals surface area contributed by atoms with Crippen molar-refractivity contribution in [3.8, 4) is 0 Å². The highest BCUT2D eigenvalue weighted by Gasteiger charge is 1.93. The third-order valence-electron chi connectivity index (χ3n) is 2.24. The van der Waals surface area contributed by atoms with Gasteiger partial charge in [-0.3, -0.25) is 4.98 Å². The molecule has 1 aromatic heterocycles. The van der Waals surface area contributed by atoms with Gasteiger partial charge in [-0.25, -0.2) is 0 Å². The molecule has 5 nitrogen and oxygen atoms in total. The number of aromatic nitrogens is 1. The van der Waals surface area contributed by atoms with Crippen LogP contribution in [0.15, 0.2) is 36.7 Å². The topological polar surface area (TPSA) is 117 Å². The number of para-hydroxylation sites is 1. The van der Waals surface area contributed by atoms with Crippen LogP contribution in [0.25, 0.3) is 0 Å². The summed E-state index contributed by atoms with van der Waals surface area (Å²) in [6.07, 6.45) is 3.13. The number of rotatable bonds is 0. The second-order valence-corrected chi connectivity index (χ2v) is 3.58. The predicted octanol–water partition coefficient (Wildman–Crippen LogP) is 1.41. The van der Waals surface area contributed by atoms with Crippen LogP contribution in [0.1, 0.15) is 5.56 Å². The van der Waals surface area contributed by atoms with Crippen molar-refractivity contribution in [2.75, 3.05) is 22.9 Å². The maximum absolute atomic E-state index is 5.56. The van der Waals surface area contributed by atoms with Gasteiger partial charge in [-0.15, -0.1) is 0 Å². The van der Waals surface area contributed by atoms with Gasteiger partial charge in [0, 0.05) is 6.20 Å². The Morgan fingerprint density at radius 1 is 0.882 bits per heavy atom. The van der Waals surface area contributed by atoms with Crippen LogP contribution in [0.3, 0.4) is 0 Å². The van der Waals surface area contributed by atoms with Crippen molar-refractivity contribution in [2.24, 2.45) is 0 Å². The van der Waals surface area contributed by atoms with E-state index in [2.05, 4.69) is 4.98 Å². The summed E-state index contributed by atoms with van der Waals surface area (Å²) in [6.45, 7) is 1.94. The van der Waals surface area contributed by atoms with E-state index >= 15 is 0 Å². The van der Waals surface area contributed by atoms with Crippen LogP contribution >= 0.6 is 0 Å². The fourth-order valence-electron chi connectivity index (χ4n) is 1.12. The summed E-state index contributed by atoms with van der Waals surface area (Å²) < 4.78 is 0. The Balaban J connectivity index is 0.000000171. The fraction of sp³-hybridized carbons (Fsp3) is 0.0833. The zero-order chi connectivity index (χ0) is 12.8. The highest BCUT2D eigenvalue weighted by atomic mass is 14.7. The summed E-state index contributed by atoms with van der Waals surface area (Å²) in [5.74, 6) is 0. The number of pyridine rings is 1. The minimum atomic E-state index is 0.535. The molecule has 0 saturated heterocycles. The average Bonchev–Trinajstić information content (AvgIpc) is 2.31. The summed E-state index contributed by atoms with van der Waals surface area (Å²) >= 11 is 0. The summed E-state index contributed by atoms with van der Waals surface area (Å²) in [7, 11) is 0. The second kappa shape index (κ2) is 5.60. The number of anilines is 4. The molecule has 2 aromatic rings. The zero-order valence-electron chi connectivity index (χ0n) is 9.72. The van der Waals surface area contributed by atoms with Gasteiger partial charge in [0.05, 0.1) is 28.9 Å². The molecule has 0 aliphatic carbocycles. The van der Waals surface area contributed by atoms with E-state index in [1.807, 2.05) is 19.1 Å². The molecular weight excluding hydrogens is 214 g/mol. The van der Waals surface area contributed by atoms with Crippen molar-refractivity contribution in [2.45, 2.75) is 6.92 Å². The smallest absolute Gasteiger partial charge is 0.0734 e. The van der Waals surface area contributed by atoms with Gasteiger partial charge in [0.1, 0.15) is 0 Å². The summed E-state index contributed by atoms with van der Waals surface area (Å²) in [5, 5.41) is 0.